The Labute approximate surface area is 141 Å². The molecule has 24 heavy (non-hydrogen) atoms. The maximum Gasteiger partial charge on any atom is 0.526 e. The first-order valence-corrected chi connectivity index (χ1v) is 8.59. The number of halogens is 2. The third kappa shape index (κ3) is 2.58. The summed E-state index contributed by atoms with van der Waals surface area (Å²) in [6, 6.07) is 3.06. The van der Waals surface area contributed by atoms with Crippen molar-refractivity contribution >= 4 is 24.8 Å². The van der Waals surface area contributed by atoms with E-state index >= 15 is 0 Å². The van der Waals surface area contributed by atoms with Gasteiger partial charge in [-0.2, -0.15) is 8.78 Å². The molecule has 9 heteroatoms. The van der Waals surface area contributed by atoms with E-state index in [2.05, 4.69) is 0 Å². The van der Waals surface area contributed by atoms with Crippen LogP contribution in [0.1, 0.15) is 34.7 Å². The second-order valence-electron chi connectivity index (χ2n) is 6.40. The van der Waals surface area contributed by atoms with Crippen LogP contribution in [-0.2, 0) is 4.74 Å². The molecule has 1 aliphatic carbocycles. The smallest absolute Gasteiger partial charge is 0.526 e. The molecule has 2 heterocycles. The van der Waals surface area contributed by atoms with Crippen LogP contribution in [0.4, 0.5) is 8.78 Å². The Kier molecular flexibility index (Phi) is 3.78. The van der Waals surface area contributed by atoms with Crippen molar-refractivity contribution < 1.29 is 33.1 Å². The van der Waals surface area contributed by atoms with Gasteiger partial charge < -0.3 is 19.5 Å². The molecule has 1 aromatic carbocycles. The van der Waals surface area contributed by atoms with Gasteiger partial charge in [-0.25, -0.2) is 4.79 Å². The van der Waals surface area contributed by atoms with Gasteiger partial charge in [-0.15, -0.1) is 0 Å². The van der Waals surface area contributed by atoms with Crippen molar-refractivity contribution in [2.75, 3.05) is 13.2 Å². The summed E-state index contributed by atoms with van der Waals surface area (Å²) >= 11 is 0.231. The Balaban J connectivity index is 1.71. The van der Waals surface area contributed by atoms with E-state index in [1.54, 1.807) is 6.07 Å². The minimum Gasteiger partial charge on any atom is -0.535 e. The number of hydrogen-bond acceptors (Lipinski definition) is 5. The number of ether oxygens (including phenoxy) is 1. The number of rotatable bonds is 4. The van der Waals surface area contributed by atoms with E-state index in [-0.39, 0.29) is 59.3 Å². The minimum absolute atomic E-state index is 0.0252. The van der Waals surface area contributed by atoms with Crippen LogP contribution in [0.3, 0.4) is 0 Å². The SMILES string of the molecule is O=C(O)c1c(SC(F)(F)C2CCOC2)ccc2c1OB(O)C1CC21. The number of carbonyl (C=O) groups is 1. The molecule has 128 valence electrons. The fraction of sp³-hybridized carbons (Fsp3) is 0.533. The van der Waals surface area contributed by atoms with Gasteiger partial charge in [-0.3, -0.25) is 0 Å². The third-order valence-corrected chi connectivity index (χ3v) is 6.02. The topological polar surface area (TPSA) is 76.0 Å². The van der Waals surface area contributed by atoms with Crippen molar-refractivity contribution in [1.29, 1.82) is 0 Å². The van der Waals surface area contributed by atoms with Crippen LogP contribution < -0.4 is 4.65 Å². The minimum atomic E-state index is -3.13. The van der Waals surface area contributed by atoms with E-state index in [1.165, 1.54) is 6.07 Å². The number of hydrogen-bond donors (Lipinski definition) is 2. The lowest BCUT2D eigenvalue weighted by molar-refractivity contribution is 0.0310. The molecule has 0 amide bonds. The molecule has 0 radical (unpaired) electrons. The molecule has 3 unspecified atom stereocenters. The van der Waals surface area contributed by atoms with Gasteiger partial charge >= 0.3 is 18.3 Å². The molecule has 0 aromatic heterocycles. The molecule has 0 bridgehead atoms. The van der Waals surface area contributed by atoms with Crippen LogP contribution in [0.2, 0.25) is 5.82 Å². The normalized spacial score (nSPS) is 28.1. The van der Waals surface area contributed by atoms with Gasteiger partial charge in [0, 0.05) is 17.3 Å². The van der Waals surface area contributed by atoms with Gasteiger partial charge in [0.15, 0.2) is 0 Å². The van der Waals surface area contributed by atoms with Crippen molar-refractivity contribution in [3.8, 4) is 5.75 Å². The standard InChI is InChI=1S/C15H15BF2O5S/c17-15(18,7-3-4-22-6-7)24-11-2-1-8-9-5-10(9)16(21)23-13(8)12(11)14(19)20/h1-2,7,9-10,21H,3-6H2,(H,19,20). The molecule has 2 N–H and O–H groups in total. The Morgan fingerprint density at radius 2 is 2.21 bits per heavy atom. The van der Waals surface area contributed by atoms with Gasteiger partial charge in [-0.1, -0.05) is 17.8 Å². The first-order chi connectivity index (χ1) is 11.4. The molecule has 5 nitrogen and oxygen atoms in total. The maximum atomic E-state index is 14.5. The molecule has 1 saturated heterocycles. The van der Waals surface area contributed by atoms with Gasteiger partial charge in [0.2, 0.25) is 0 Å². The van der Waals surface area contributed by atoms with Crippen LogP contribution in [-0.4, -0.2) is 41.7 Å². The molecule has 3 aliphatic rings. The number of carboxylic acid groups (broad SMARTS) is 1. The lowest BCUT2D eigenvalue weighted by Gasteiger charge is -2.25. The second-order valence-corrected chi connectivity index (χ2v) is 7.59. The van der Waals surface area contributed by atoms with E-state index in [0.29, 0.717) is 5.56 Å². The summed E-state index contributed by atoms with van der Waals surface area (Å²) in [4.78, 5) is 11.6. The zero-order valence-electron chi connectivity index (χ0n) is 12.6. The summed E-state index contributed by atoms with van der Waals surface area (Å²) in [6.07, 6.45) is 0.960. The predicted molar refractivity (Wildman–Crippen MR) is 82.8 cm³/mol. The molecule has 3 atom stereocenters. The summed E-state index contributed by atoms with van der Waals surface area (Å²) in [5, 5.41) is 16.3. The Hall–Kier alpha value is -1.32. The zero-order chi connectivity index (χ0) is 17.1. The van der Waals surface area contributed by atoms with Gasteiger partial charge in [0.05, 0.1) is 12.5 Å². The van der Waals surface area contributed by atoms with E-state index in [4.69, 9.17) is 9.39 Å². The Bertz CT molecular complexity index is 695. The first-order valence-electron chi connectivity index (χ1n) is 7.78. The summed E-state index contributed by atoms with van der Waals surface area (Å²) in [5.41, 5.74) is 0.389. The number of aromatic carboxylic acids is 1. The van der Waals surface area contributed by atoms with Crippen LogP contribution >= 0.6 is 11.8 Å². The highest BCUT2D eigenvalue weighted by Gasteiger charge is 2.55. The Morgan fingerprint density at radius 1 is 1.42 bits per heavy atom. The van der Waals surface area contributed by atoms with Crippen molar-refractivity contribution in [3.05, 3.63) is 23.3 Å². The third-order valence-electron chi connectivity index (χ3n) is 4.86. The average molecular weight is 356 g/mol. The average Bonchev–Trinajstić information content (AvgIpc) is 3.11. The highest BCUT2D eigenvalue weighted by molar-refractivity contribution is 8.00. The number of thioether (sulfide) groups is 1. The molecule has 2 aliphatic heterocycles. The van der Waals surface area contributed by atoms with Gasteiger partial charge in [-0.05, 0) is 30.4 Å². The van der Waals surface area contributed by atoms with Crippen LogP contribution in [0.5, 0.6) is 5.75 Å². The molecular weight excluding hydrogens is 341 g/mol. The largest absolute Gasteiger partial charge is 0.535 e. The fourth-order valence-corrected chi connectivity index (χ4v) is 4.48. The Morgan fingerprint density at radius 3 is 2.88 bits per heavy atom. The fourth-order valence-electron chi connectivity index (χ4n) is 3.41. The van der Waals surface area contributed by atoms with Gasteiger partial charge in [0.1, 0.15) is 11.3 Å². The summed E-state index contributed by atoms with van der Waals surface area (Å²) in [6.45, 7) is 0.251. The summed E-state index contributed by atoms with van der Waals surface area (Å²) in [5.74, 6) is -2.24. The van der Waals surface area contributed by atoms with Crippen LogP contribution in [0.25, 0.3) is 0 Å². The molecule has 2 fully saturated rings. The summed E-state index contributed by atoms with van der Waals surface area (Å²) < 4.78 is 39.3. The molecule has 1 aromatic rings. The number of benzene rings is 1. The molecular formula is C15H15BF2O5S. The number of carboxylic acids is 1. The maximum absolute atomic E-state index is 14.5. The van der Waals surface area contributed by atoms with Crippen molar-refractivity contribution in [2.24, 2.45) is 5.92 Å². The number of fused-ring (bicyclic) bond motifs is 3. The van der Waals surface area contributed by atoms with Gasteiger partial charge in [0.25, 0.3) is 0 Å². The lowest BCUT2D eigenvalue weighted by atomic mass is 9.77. The summed E-state index contributed by atoms with van der Waals surface area (Å²) in [7, 11) is -1.08. The quantitative estimate of drug-likeness (QED) is 0.638. The van der Waals surface area contributed by atoms with Crippen molar-refractivity contribution in [3.63, 3.8) is 0 Å². The monoisotopic (exact) mass is 356 g/mol. The zero-order valence-corrected chi connectivity index (χ0v) is 13.4. The molecule has 0 spiro atoms. The highest BCUT2D eigenvalue weighted by Crippen LogP contribution is 2.61. The van der Waals surface area contributed by atoms with E-state index in [9.17, 15) is 23.7 Å². The van der Waals surface area contributed by atoms with E-state index in [1.807, 2.05) is 0 Å². The van der Waals surface area contributed by atoms with Crippen molar-refractivity contribution in [2.45, 2.75) is 34.7 Å². The predicted octanol–water partition coefficient (Wildman–Crippen LogP) is 2.84. The molecule has 4 rings (SSSR count). The molecule has 1 saturated carbocycles. The first kappa shape index (κ1) is 16.2. The second kappa shape index (κ2) is 5.61. The van der Waals surface area contributed by atoms with Crippen LogP contribution in [0.15, 0.2) is 17.0 Å². The lowest BCUT2D eigenvalue weighted by Crippen LogP contribution is -2.28. The number of alkyl halides is 2. The van der Waals surface area contributed by atoms with E-state index < -0.39 is 24.3 Å². The highest BCUT2D eigenvalue weighted by atomic mass is 32.2. The van der Waals surface area contributed by atoms with E-state index in [0.717, 1.165) is 6.42 Å². The van der Waals surface area contributed by atoms with Crippen LogP contribution in [0, 0.1) is 5.92 Å². The van der Waals surface area contributed by atoms with Crippen molar-refractivity contribution in [1.82, 2.24) is 0 Å².